The molecule has 0 saturated carbocycles. The molecule has 3 rings (SSSR count). The molecule has 0 aliphatic carbocycles. The van der Waals surface area contributed by atoms with Gasteiger partial charge in [0.25, 0.3) is 0 Å². The Balaban J connectivity index is 2.35. The standard InChI is InChI=1S/C25H14F16O3S2/c26-19(27,28)15-11-13-18(14-12-15)45(16-7-3-1-4-8-16,17-9-5-2-6-10-17)44-46(42,43)25(40,41)23(35,36)21(31,32)20(29,30)22(33,34)24(37,38)39/h1-14H. The fourth-order valence-corrected chi connectivity index (χ4v) is 8.89. The summed E-state index contributed by atoms with van der Waals surface area (Å²) in [5.41, 5.74) is -1.43. The lowest BCUT2D eigenvalue weighted by molar-refractivity contribution is -0.433. The van der Waals surface area contributed by atoms with Gasteiger partial charge in [0.1, 0.15) is 0 Å². The van der Waals surface area contributed by atoms with Gasteiger partial charge in [-0.2, -0.15) is 78.7 Å². The van der Waals surface area contributed by atoms with Crippen LogP contribution in [0.25, 0.3) is 0 Å². The van der Waals surface area contributed by atoms with Crippen molar-refractivity contribution < 1.29 is 82.3 Å². The Kier molecular flexibility index (Phi) is 9.31. The molecule has 0 N–H and O–H groups in total. The highest BCUT2D eigenvalue weighted by atomic mass is 32.3. The van der Waals surface area contributed by atoms with Gasteiger partial charge in [-0.3, -0.25) is 0 Å². The average Bonchev–Trinajstić information content (AvgIpc) is 2.95. The molecule has 0 fully saturated rings. The van der Waals surface area contributed by atoms with Crippen LogP contribution in [0.4, 0.5) is 70.2 Å². The van der Waals surface area contributed by atoms with Gasteiger partial charge < -0.3 is 0 Å². The highest BCUT2D eigenvalue weighted by molar-refractivity contribution is 8.33. The zero-order valence-electron chi connectivity index (χ0n) is 21.7. The molecule has 0 spiro atoms. The number of benzene rings is 3. The van der Waals surface area contributed by atoms with E-state index in [1.54, 1.807) is 0 Å². The molecule has 3 aromatic carbocycles. The molecule has 3 nitrogen and oxygen atoms in total. The van der Waals surface area contributed by atoms with Crippen LogP contribution in [0.1, 0.15) is 5.56 Å². The predicted octanol–water partition coefficient (Wildman–Crippen LogP) is 9.94. The minimum absolute atomic E-state index is 0.250. The van der Waals surface area contributed by atoms with Crippen LogP contribution >= 0.6 is 10.3 Å². The predicted molar refractivity (Wildman–Crippen MR) is 128 cm³/mol. The lowest BCUT2D eigenvalue weighted by Crippen LogP contribution is -2.71. The second-order valence-corrected chi connectivity index (χ2v) is 13.5. The lowest BCUT2D eigenvalue weighted by Gasteiger charge is -2.42. The quantitative estimate of drug-likeness (QED) is 0.195. The van der Waals surface area contributed by atoms with Crippen molar-refractivity contribution in [2.45, 2.75) is 56.0 Å². The Bertz CT molecular complexity index is 1580. The molecule has 21 heteroatoms. The smallest absolute Gasteiger partial charge is 0.202 e. The number of hydrogen-bond donors (Lipinski definition) is 0. The number of hydrogen-bond acceptors (Lipinski definition) is 3. The van der Waals surface area contributed by atoms with E-state index in [4.69, 9.17) is 0 Å². The van der Waals surface area contributed by atoms with Gasteiger partial charge in [-0.05, 0) is 58.8 Å². The van der Waals surface area contributed by atoms with E-state index in [0.29, 0.717) is 12.1 Å². The summed E-state index contributed by atoms with van der Waals surface area (Å²) >= 11 is 0. The van der Waals surface area contributed by atoms with Crippen molar-refractivity contribution in [3.05, 3.63) is 90.5 Å². The monoisotopic (exact) mass is 730 g/mol. The molecule has 0 aliphatic rings. The molecule has 0 bridgehead atoms. The van der Waals surface area contributed by atoms with Crippen LogP contribution in [0.15, 0.2) is 99.6 Å². The van der Waals surface area contributed by atoms with Gasteiger partial charge in [0.05, 0.1) is 5.56 Å². The van der Waals surface area contributed by atoms with Gasteiger partial charge in [0, 0.05) is 14.7 Å². The minimum atomic E-state index is -8.45. The third kappa shape index (κ3) is 5.67. The Labute approximate surface area is 249 Å². The summed E-state index contributed by atoms with van der Waals surface area (Å²) in [5.74, 6) is -33.2. The Hall–Kier alpha value is -3.20. The van der Waals surface area contributed by atoms with Crippen LogP contribution in [0.2, 0.25) is 0 Å². The van der Waals surface area contributed by atoms with Crippen LogP contribution < -0.4 is 0 Å². The lowest BCUT2D eigenvalue weighted by atomic mass is 9.98. The van der Waals surface area contributed by atoms with Crippen LogP contribution in [-0.4, -0.2) is 43.5 Å². The van der Waals surface area contributed by atoms with Crippen LogP contribution in [0.3, 0.4) is 0 Å². The summed E-state index contributed by atoms with van der Waals surface area (Å²) in [6, 6.07) is 11.4. The highest BCUT2D eigenvalue weighted by Crippen LogP contribution is 2.72. The zero-order valence-corrected chi connectivity index (χ0v) is 23.3. The van der Waals surface area contributed by atoms with E-state index in [9.17, 15) is 69.9 Å². The highest BCUT2D eigenvalue weighted by Gasteiger charge is 2.93. The summed E-state index contributed by atoms with van der Waals surface area (Å²) in [6.07, 6.45) is -12.8. The van der Waals surface area contributed by atoms with E-state index in [1.807, 2.05) is 0 Å². The third-order valence-corrected chi connectivity index (χ3v) is 11.3. The van der Waals surface area contributed by atoms with Crippen molar-refractivity contribution in [2.24, 2.45) is 0 Å². The first-order valence-corrected chi connectivity index (χ1v) is 14.6. The van der Waals surface area contributed by atoms with Crippen molar-refractivity contribution in [2.75, 3.05) is 0 Å². The molecule has 0 saturated heterocycles. The summed E-state index contributed by atoms with van der Waals surface area (Å²) < 4.78 is 249. The first kappa shape index (κ1) is 37.3. The molecule has 0 aliphatic heterocycles. The number of alkyl halides is 16. The van der Waals surface area contributed by atoms with Gasteiger partial charge in [0.2, 0.25) is 0 Å². The van der Waals surface area contributed by atoms with Crippen LogP contribution in [0.5, 0.6) is 0 Å². The maximum absolute atomic E-state index is 15.1. The molecule has 0 amide bonds. The maximum Gasteiger partial charge on any atom is 0.460 e. The molecule has 0 aromatic heterocycles. The maximum atomic E-state index is 15.1. The van der Waals surface area contributed by atoms with Crippen molar-refractivity contribution >= 4 is 20.4 Å². The molecule has 0 radical (unpaired) electrons. The van der Waals surface area contributed by atoms with E-state index < -0.39 is 82.0 Å². The largest absolute Gasteiger partial charge is 0.460 e. The van der Waals surface area contributed by atoms with Gasteiger partial charge >= 0.3 is 51.4 Å². The molecule has 3 aromatic rings. The number of halogens is 16. The second kappa shape index (κ2) is 11.5. The van der Waals surface area contributed by atoms with E-state index in [2.05, 4.69) is 3.63 Å². The summed E-state index contributed by atoms with van der Waals surface area (Å²) in [4.78, 5) is -2.07. The fourth-order valence-electron chi connectivity index (χ4n) is 3.68. The van der Waals surface area contributed by atoms with Gasteiger partial charge in [-0.15, -0.1) is 0 Å². The Morgan fingerprint density at radius 1 is 0.435 bits per heavy atom. The Morgan fingerprint density at radius 3 is 1.13 bits per heavy atom. The minimum Gasteiger partial charge on any atom is -0.202 e. The topological polar surface area (TPSA) is 43.4 Å². The molecule has 256 valence electrons. The SMILES string of the molecule is O=S(=O)(OS(c1ccccc1)(c1ccccc1)c1ccc(C(F)(F)F)cc1)C(F)(F)C(F)(F)C(F)(F)C(F)(F)C(F)(F)C(F)(F)F. The van der Waals surface area contributed by atoms with Gasteiger partial charge in [-0.1, -0.05) is 36.4 Å². The molecular weight excluding hydrogens is 716 g/mol. The molecule has 0 atom stereocenters. The van der Waals surface area contributed by atoms with E-state index in [1.165, 1.54) is 12.1 Å². The number of rotatable bonds is 10. The van der Waals surface area contributed by atoms with Crippen LogP contribution in [0, 0.1) is 0 Å². The summed E-state index contributed by atoms with van der Waals surface area (Å²) in [7, 11) is -12.5. The summed E-state index contributed by atoms with van der Waals surface area (Å²) in [5, 5.41) is -7.72. The van der Waals surface area contributed by atoms with Crippen molar-refractivity contribution in [3.63, 3.8) is 0 Å². The van der Waals surface area contributed by atoms with E-state index >= 15 is 8.78 Å². The first-order valence-electron chi connectivity index (χ1n) is 11.6. The Morgan fingerprint density at radius 2 is 0.783 bits per heavy atom. The van der Waals surface area contributed by atoms with Crippen molar-refractivity contribution in [1.29, 1.82) is 0 Å². The fraction of sp³-hybridized carbons (Fsp3) is 0.280. The van der Waals surface area contributed by atoms with E-state index in [0.717, 1.165) is 48.5 Å². The van der Waals surface area contributed by atoms with E-state index in [-0.39, 0.29) is 12.1 Å². The third-order valence-electron chi connectivity index (χ3n) is 6.07. The van der Waals surface area contributed by atoms with Crippen molar-refractivity contribution in [3.8, 4) is 0 Å². The first-order chi connectivity index (χ1) is 20.6. The summed E-state index contributed by atoms with van der Waals surface area (Å²) in [6.45, 7) is 0. The van der Waals surface area contributed by atoms with Crippen molar-refractivity contribution in [1.82, 2.24) is 0 Å². The average molecular weight is 730 g/mol. The van der Waals surface area contributed by atoms with Gasteiger partial charge in [0.15, 0.2) is 0 Å². The second-order valence-electron chi connectivity index (χ2n) is 9.04. The molecular formula is C25H14F16O3S2. The molecule has 0 heterocycles. The normalized spacial score (nSPS) is 15.1. The zero-order chi connectivity index (χ0) is 35.4. The van der Waals surface area contributed by atoms with Gasteiger partial charge in [-0.25, -0.2) is 3.63 Å². The van der Waals surface area contributed by atoms with Crippen LogP contribution in [-0.2, 0) is 19.9 Å². The molecule has 0 unspecified atom stereocenters. The molecule has 46 heavy (non-hydrogen) atoms.